The van der Waals surface area contributed by atoms with Crippen LogP contribution in [0.5, 0.6) is 0 Å². The largest absolute Gasteiger partial charge is 0.132 e. The average molecular weight is 209 g/mol. The molecule has 0 amide bonds. The molecule has 0 atom stereocenters. The van der Waals surface area contributed by atoms with E-state index in [9.17, 15) is 0 Å². The second-order valence-corrected chi connectivity index (χ2v) is 13.2. The van der Waals surface area contributed by atoms with Gasteiger partial charge in [0.2, 0.25) is 0 Å². The van der Waals surface area contributed by atoms with Crippen molar-refractivity contribution in [2.45, 2.75) is 45.3 Å². The highest BCUT2D eigenvalue weighted by atomic mass is 79.9. The molecule has 0 aliphatic rings. The van der Waals surface area contributed by atoms with Crippen molar-refractivity contribution in [1.29, 1.82) is 0 Å². The van der Waals surface area contributed by atoms with Gasteiger partial charge in [-0.25, -0.2) is 0 Å². The van der Waals surface area contributed by atoms with E-state index in [2.05, 4.69) is 49.5 Å². The maximum Gasteiger partial charge on any atom is 0.132 e. The molecule has 0 spiro atoms. The Hall–Kier alpha value is 0.697. The molecule has 0 fully saturated rings. The van der Waals surface area contributed by atoms with Gasteiger partial charge in [0, 0.05) is 0 Å². The molecule has 0 saturated carbocycles. The van der Waals surface area contributed by atoms with Gasteiger partial charge in [0.1, 0.15) is 6.69 Å². The zero-order chi connectivity index (χ0) is 7.65. The van der Waals surface area contributed by atoms with Crippen molar-refractivity contribution in [3.05, 3.63) is 0 Å². The second kappa shape index (κ2) is 3.20. The van der Waals surface area contributed by atoms with Gasteiger partial charge in [0.15, 0.2) is 0 Å². The SMILES string of the molecule is CC(C)[Si](C)(Br)C(C)C. The predicted molar refractivity (Wildman–Crippen MR) is 50.7 cm³/mol. The van der Waals surface area contributed by atoms with E-state index in [4.69, 9.17) is 0 Å². The average Bonchev–Trinajstić information content (AvgIpc) is 1.65. The minimum Gasteiger partial charge on any atom is -0.126 e. The van der Waals surface area contributed by atoms with Gasteiger partial charge in [-0.2, -0.15) is 0 Å². The van der Waals surface area contributed by atoms with Gasteiger partial charge in [-0.05, 0) is 11.1 Å². The van der Waals surface area contributed by atoms with E-state index < -0.39 is 6.69 Å². The molecular formula is C7H17BrSi. The van der Waals surface area contributed by atoms with E-state index in [1.165, 1.54) is 0 Å². The molecule has 0 aliphatic heterocycles. The molecule has 0 nitrogen and oxygen atoms in total. The van der Waals surface area contributed by atoms with Crippen LogP contribution in [0.25, 0.3) is 0 Å². The van der Waals surface area contributed by atoms with Crippen molar-refractivity contribution in [2.24, 2.45) is 0 Å². The Morgan fingerprint density at radius 1 is 1.00 bits per heavy atom. The highest BCUT2D eigenvalue weighted by Crippen LogP contribution is 2.36. The van der Waals surface area contributed by atoms with E-state index >= 15 is 0 Å². The molecule has 9 heavy (non-hydrogen) atoms. The van der Waals surface area contributed by atoms with Crippen LogP contribution in [0.3, 0.4) is 0 Å². The van der Waals surface area contributed by atoms with Crippen molar-refractivity contribution in [3.8, 4) is 0 Å². The molecule has 0 aliphatic carbocycles. The van der Waals surface area contributed by atoms with Crippen LogP contribution in [0.1, 0.15) is 27.7 Å². The van der Waals surface area contributed by atoms with Crippen LogP contribution in [0, 0.1) is 0 Å². The lowest BCUT2D eigenvalue weighted by molar-refractivity contribution is 0.935. The summed E-state index contributed by atoms with van der Waals surface area (Å²) in [5, 5.41) is 0. The molecular weight excluding hydrogens is 192 g/mol. The summed E-state index contributed by atoms with van der Waals surface area (Å²) in [4.78, 5) is 0. The fourth-order valence-corrected chi connectivity index (χ4v) is 2.00. The van der Waals surface area contributed by atoms with E-state index in [1.807, 2.05) is 0 Å². The minimum atomic E-state index is -1.05. The van der Waals surface area contributed by atoms with Crippen LogP contribution >= 0.6 is 15.3 Å². The summed E-state index contributed by atoms with van der Waals surface area (Å²) in [7, 11) is 0. The first kappa shape index (κ1) is 9.70. The van der Waals surface area contributed by atoms with Gasteiger partial charge >= 0.3 is 0 Å². The van der Waals surface area contributed by atoms with E-state index in [-0.39, 0.29) is 0 Å². The lowest BCUT2D eigenvalue weighted by atomic mass is 10.5. The van der Waals surface area contributed by atoms with Crippen LogP contribution in [0.15, 0.2) is 0 Å². The van der Waals surface area contributed by atoms with Crippen molar-refractivity contribution >= 4 is 22.0 Å². The normalized spacial score (nSPS) is 13.3. The summed E-state index contributed by atoms with van der Waals surface area (Å²) in [6.07, 6.45) is 0. The summed E-state index contributed by atoms with van der Waals surface area (Å²) in [6.45, 7) is 10.6. The van der Waals surface area contributed by atoms with Crippen LogP contribution < -0.4 is 0 Å². The number of hydrogen-bond acceptors (Lipinski definition) is 0. The van der Waals surface area contributed by atoms with Crippen molar-refractivity contribution in [2.75, 3.05) is 0 Å². The fraction of sp³-hybridized carbons (Fsp3) is 1.00. The molecule has 0 bridgehead atoms. The summed E-state index contributed by atoms with van der Waals surface area (Å²) >= 11 is 3.85. The number of rotatable bonds is 2. The quantitative estimate of drug-likeness (QED) is 0.479. The Morgan fingerprint density at radius 2 is 1.22 bits per heavy atom. The van der Waals surface area contributed by atoms with Gasteiger partial charge in [0.25, 0.3) is 0 Å². The van der Waals surface area contributed by atoms with Gasteiger partial charge < -0.3 is 0 Å². The van der Waals surface area contributed by atoms with Gasteiger partial charge in [-0.15, -0.1) is 15.3 Å². The fourth-order valence-electron chi connectivity index (χ4n) is 0.667. The predicted octanol–water partition coefficient (Wildman–Crippen LogP) is 3.78. The first-order chi connectivity index (χ1) is 3.89. The van der Waals surface area contributed by atoms with E-state index in [0.29, 0.717) is 0 Å². The molecule has 0 unspecified atom stereocenters. The Kier molecular flexibility index (Phi) is 3.44. The lowest BCUT2D eigenvalue weighted by Gasteiger charge is -2.28. The zero-order valence-electron chi connectivity index (χ0n) is 7.03. The molecule has 0 saturated heterocycles. The van der Waals surface area contributed by atoms with Crippen LogP contribution in [-0.4, -0.2) is 6.69 Å². The molecule has 0 rings (SSSR count). The summed E-state index contributed by atoms with van der Waals surface area (Å²) in [5.74, 6) is 0. The lowest BCUT2D eigenvalue weighted by Crippen LogP contribution is -2.29. The maximum absolute atomic E-state index is 3.85. The highest BCUT2D eigenvalue weighted by molar-refractivity contribution is 9.26. The first-order valence-electron chi connectivity index (χ1n) is 3.58. The highest BCUT2D eigenvalue weighted by Gasteiger charge is 2.31. The van der Waals surface area contributed by atoms with Crippen molar-refractivity contribution in [1.82, 2.24) is 0 Å². The minimum absolute atomic E-state index is 0.845. The zero-order valence-corrected chi connectivity index (χ0v) is 9.62. The Morgan fingerprint density at radius 3 is 1.22 bits per heavy atom. The van der Waals surface area contributed by atoms with Gasteiger partial charge in [0.05, 0.1) is 0 Å². The molecule has 2 heteroatoms. The molecule has 0 aromatic carbocycles. The van der Waals surface area contributed by atoms with Crippen molar-refractivity contribution in [3.63, 3.8) is 0 Å². The molecule has 0 aromatic rings. The molecule has 0 heterocycles. The van der Waals surface area contributed by atoms with Gasteiger partial charge in [-0.3, -0.25) is 0 Å². The van der Waals surface area contributed by atoms with Crippen LogP contribution in [0.2, 0.25) is 17.6 Å². The summed E-state index contributed by atoms with van der Waals surface area (Å²) in [5.41, 5.74) is 1.69. The van der Waals surface area contributed by atoms with E-state index in [0.717, 1.165) is 11.1 Å². The third-order valence-corrected chi connectivity index (χ3v) is 12.3. The third-order valence-electron chi connectivity index (χ3n) is 2.26. The standard InChI is InChI=1S/C7H17BrSi/c1-6(2)9(5,8)7(3)4/h6-7H,1-5H3. The van der Waals surface area contributed by atoms with Gasteiger partial charge in [-0.1, -0.05) is 34.2 Å². The summed E-state index contributed by atoms with van der Waals surface area (Å²) < 4.78 is 0. The molecule has 0 radical (unpaired) electrons. The Bertz CT molecular complexity index is 76.9. The van der Waals surface area contributed by atoms with Crippen molar-refractivity contribution < 1.29 is 0 Å². The number of hydrogen-bond donors (Lipinski definition) is 0. The first-order valence-corrected chi connectivity index (χ1v) is 8.49. The molecule has 0 N–H and O–H groups in total. The second-order valence-electron chi connectivity index (χ2n) is 3.46. The molecule has 0 aromatic heterocycles. The maximum atomic E-state index is 3.85. The topological polar surface area (TPSA) is 0 Å². The Labute approximate surface area is 67.6 Å². The van der Waals surface area contributed by atoms with Crippen LogP contribution in [0.4, 0.5) is 0 Å². The Balaban J connectivity index is 4.01. The van der Waals surface area contributed by atoms with E-state index in [1.54, 1.807) is 0 Å². The monoisotopic (exact) mass is 208 g/mol. The van der Waals surface area contributed by atoms with Crippen LogP contribution in [-0.2, 0) is 0 Å². The summed E-state index contributed by atoms with van der Waals surface area (Å²) in [6, 6.07) is 0. The molecule has 56 valence electrons. The smallest absolute Gasteiger partial charge is 0.126 e. The third kappa shape index (κ3) is 2.42. The number of halogens is 1.